The predicted octanol–water partition coefficient (Wildman–Crippen LogP) is 3.11. The highest BCUT2D eigenvalue weighted by molar-refractivity contribution is 8.00. The maximum atomic E-state index is 3.56. The summed E-state index contributed by atoms with van der Waals surface area (Å²) in [4.78, 5) is 0. The van der Waals surface area contributed by atoms with Crippen molar-refractivity contribution in [1.29, 1.82) is 0 Å². The van der Waals surface area contributed by atoms with Crippen molar-refractivity contribution in [2.75, 3.05) is 6.54 Å². The van der Waals surface area contributed by atoms with E-state index in [0.29, 0.717) is 5.37 Å². The first-order chi connectivity index (χ1) is 6.75. The van der Waals surface area contributed by atoms with Crippen LogP contribution in [-0.4, -0.2) is 11.8 Å². The molecule has 1 fully saturated rings. The SMILES string of the molecule is Cc1cccc(C2NCCC(C)S2)c1. The topological polar surface area (TPSA) is 12.0 Å². The second-order valence-corrected chi connectivity index (χ2v) is 5.53. The summed E-state index contributed by atoms with van der Waals surface area (Å²) in [6.45, 7) is 5.61. The summed E-state index contributed by atoms with van der Waals surface area (Å²) in [5.41, 5.74) is 2.77. The number of nitrogens with one attached hydrogen (secondary N) is 1. The molecule has 2 atom stereocenters. The van der Waals surface area contributed by atoms with Gasteiger partial charge in [0.25, 0.3) is 0 Å². The second-order valence-electron chi connectivity index (χ2n) is 3.98. The summed E-state index contributed by atoms with van der Waals surface area (Å²) >= 11 is 2.04. The Balaban J connectivity index is 2.14. The molecule has 0 amide bonds. The Morgan fingerprint density at radius 2 is 2.29 bits per heavy atom. The van der Waals surface area contributed by atoms with E-state index >= 15 is 0 Å². The van der Waals surface area contributed by atoms with Gasteiger partial charge in [-0.25, -0.2) is 0 Å². The average molecular weight is 207 g/mol. The van der Waals surface area contributed by atoms with Crippen LogP contribution in [0.25, 0.3) is 0 Å². The molecule has 0 aliphatic carbocycles. The number of hydrogen-bond donors (Lipinski definition) is 1. The monoisotopic (exact) mass is 207 g/mol. The van der Waals surface area contributed by atoms with Gasteiger partial charge in [-0.2, -0.15) is 0 Å². The summed E-state index contributed by atoms with van der Waals surface area (Å²) in [5, 5.41) is 4.83. The third-order valence-corrected chi connectivity index (χ3v) is 4.01. The molecule has 0 saturated carbocycles. The number of thioether (sulfide) groups is 1. The molecule has 1 aromatic rings. The lowest BCUT2D eigenvalue weighted by Gasteiger charge is -2.28. The zero-order valence-corrected chi connectivity index (χ0v) is 9.60. The largest absolute Gasteiger partial charge is 0.302 e. The van der Waals surface area contributed by atoms with Crippen LogP contribution in [0.4, 0.5) is 0 Å². The van der Waals surface area contributed by atoms with Crippen LogP contribution >= 0.6 is 11.8 Å². The van der Waals surface area contributed by atoms with Crippen molar-refractivity contribution < 1.29 is 0 Å². The molecular weight excluding hydrogens is 190 g/mol. The van der Waals surface area contributed by atoms with Crippen molar-refractivity contribution >= 4 is 11.8 Å². The molecule has 76 valence electrons. The van der Waals surface area contributed by atoms with Gasteiger partial charge in [-0.1, -0.05) is 36.8 Å². The van der Waals surface area contributed by atoms with Crippen molar-refractivity contribution in [2.24, 2.45) is 0 Å². The van der Waals surface area contributed by atoms with Crippen molar-refractivity contribution in [2.45, 2.75) is 30.9 Å². The van der Waals surface area contributed by atoms with Crippen molar-refractivity contribution in [3.8, 4) is 0 Å². The van der Waals surface area contributed by atoms with Gasteiger partial charge >= 0.3 is 0 Å². The Hall–Kier alpha value is -0.470. The van der Waals surface area contributed by atoms with E-state index in [4.69, 9.17) is 0 Å². The molecule has 2 unspecified atom stereocenters. The van der Waals surface area contributed by atoms with Gasteiger partial charge in [0, 0.05) is 5.25 Å². The van der Waals surface area contributed by atoms with Gasteiger partial charge in [0.05, 0.1) is 5.37 Å². The van der Waals surface area contributed by atoms with E-state index in [-0.39, 0.29) is 0 Å². The molecule has 1 nitrogen and oxygen atoms in total. The minimum absolute atomic E-state index is 0.499. The van der Waals surface area contributed by atoms with Gasteiger partial charge in [0.1, 0.15) is 0 Å². The fraction of sp³-hybridized carbons (Fsp3) is 0.500. The molecule has 1 aromatic carbocycles. The Morgan fingerprint density at radius 3 is 3.00 bits per heavy atom. The van der Waals surface area contributed by atoms with E-state index in [1.807, 2.05) is 11.8 Å². The molecule has 1 saturated heterocycles. The van der Waals surface area contributed by atoms with Crippen molar-refractivity contribution in [3.05, 3.63) is 35.4 Å². The van der Waals surface area contributed by atoms with Crippen LogP contribution in [0.5, 0.6) is 0 Å². The smallest absolute Gasteiger partial charge is 0.0792 e. The standard InChI is InChI=1S/C12H17NS/c1-9-4-3-5-11(8-9)12-13-7-6-10(2)14-12/h3-5,8,10,12-13H,6-7H2,1-2H3. The average Bonchev–Trinajstić information content (AvgIpc) is 2.18. The Labute approximate surface area is 90.3 Å². The summed E-state index contributed by atoms with van der Waals surface area (Å²) in [5.74, 6) is 0. The van der Waals surface area contributed by atoms with Gasteiger partial charge in [-0.3, -0.25) is 0 Å². The predicted molar refractivity (Wildman–Crippen MR) is 63.6 cm³/mol. The Morgan fingerprint density at radius 1 is 1.43 bits per heavy atom. The van der Waals surface area contributed by atoms with Crippen LogP contribution in [0.2, 0.25) is 0 Å². The van der Waals surface area contributed by atoms with E-state index in [1.54, 1.807) is 0 Å². The molecule has 0 aromatic heterocycles. The molecule has 0 radical (unpaired) electrons. The minimum atomic E-state index is 0.499. The van der Waals surface area contributed by atoms with E-state index in [9.17, 15) is 0 Å². The molecule has 2 rings (SSSR count). The fourth-order valence-corrected chi connectivity index (χ4v) is 3.03. The lowest BCUT2D eigenvalue weighted by atomic mass is 10.1. The van der Waals surface area contributed by atoms with E-state index in [1.165, 1.54) is 17.5 Å². The highest BCUT2D eigenvalue weighted by Crippen LogP contribution is 2.34. The summed E-state index contributed by atoms with van der Waals surface area (Å²) in [6, 6.07) is 8.80. The molecular formula is C12H17NS. The highest BCUT2D eigenvalue weighted by Gasteiger charge is 2.19. The number of aryl methyl sites for hydroxylation is 1. The summed E-state index contributed by atoms with van der Waals surface area (Å²) in [6.07, 6.45) is 1.28. The van der Waals surface area contributed by atoms with Gasteiger partial charge in [-0.15, -0.1) is 11.8 Å². The first-order valence-corrected chi connectivity index (χ1v) is 6.15. The summed E-state index contributed by atoms with van der Waals surface area (Å²) < 4.78 is 0. The highest BCUT2D eigenvalue weighted by atomic mass is 32.2. The second kappa shape index (κ2) is 4.37. The third-order valence-electron chi connectivity index (χ3n) is 2.59. The lowest BCUT2D eigenvalue weighted by Crippen LogP contribution is -2.28. The normalized spacial score (nSPS) is 27.6. The molecule has 1 aliphatic rings. The Kier molecular flexibility index (Phi) is 3.14. The quantitative estimate of drug-likeness (QED) is 0.759. The molecule has 2 heteroatoms. The molecule has 0 spiro atoms. The number of rotatable bonds is 1. The zero-order valence-electron chi connectivity index (χ0n) is 8.79. The van der Waals surface area contributed by atoms with Gasteiger partial charge in [-0.05, 0) is 25.5 Å². The van der Waals surface area contributed by atoms with Gasteiger partial charge < -0.3 is 5.32 Å². The maximum absolute atomic E-state index is 3.56. The molecule has 1 aliphatic heterocycles. The van der Waals surface area contributed by atoms with E-state index < -0.39 is 0 Å². The van der Waals surface area contributed by atoms with E-state index in [0.717, 1.165) is 11.8 Å². The van der Waals surface area contributed by atoms with E-state index in [2.05, 4.69) is 43.4 Å². The first kappa shape index (κ1) is 10.1. The maximum Gasteiger partial charge on any atom is 0.0792 e. The van der Waals surface area contributed by atoms with Crippen LogP contribution in [0.15, 0.2) is 24.3 Å². The molecule has 1 heterocycles. The minimum Gasteiger partial charge on any atom is -0.302 e. The third kappa shape index (κ3) is 2.31. The first-order valence-electron chi connectivity index (χ1n) is 5.21. The van der Waals surface area contributed by atoms with Crippen LogP contribution in [0, 0.1) is 6.92 Å². The fourth-order valence-electron chi connectivity index (χ4n) is 1.80. The number of hydrogen-bond acceptors (Lipinski definition) is 2. The van der Waals surface area contributed by atoms with Crippen LogP contribution in [-0.2, 0) is 0 Å². The van der Waals surface area contributed by atoms with Gasteiger partial charge in [0.15, 0.2) is 0 Å². The van der Waals surface area contributed by atoms with Crippen molar-refractivity contribution in [1.82, 2.24) is 5.32 Å². The molecule has 0 bridgehead atoms. The van der Waals surface area contributed by atoms with Gasteiger partial charge in [0.2, 0.25) is 0 Å². The number of benzene rings is 1. The van der Waals surface area contributed by atoms with Crippen molar-refractivity contribution in [3.63, 3.8) is 0 Å². The lowest BCUT2D eigenvalue weighted by molar-refractivity contribution is 0.605. The van der Waals surface area contributed by atoms with Crippen LogP contribution in [0.1, 0.15) is 29.8 Å². The van der Waals surface area contributed by atoms with Crippen LogP contribution < -0.4 is 5.32 Å². The zero-order chi connectivity index (χ0) is 9.97. The Bertz CT molecular complexity index is 311. The summed E-state index contributed by atoms with van der Waals surface area (Å²) in [7, 11) is 0. The van der Waals surface area contributed by atoms with Crippen LogP contribution in [0.3, 0.4) is 0 Å². The molecule has 1 N–H and O–H groups in total. The molecule has 14 heavy (non-hydrogen) atoms.